The van der Waals surface area contributed by atoms with E-state index in [0.717, 1.165) is 32.0 Å². The first-order chi connectivity index (χ1) is 6.93. The Bertz CT molecular complexity index is 150. The highest BCUT2D eigenvalue weighted by atomic mass is 16.5. The number of ether oxygens (including phenoxy) is 1. The van der Waals surface area contributed by atoms with Crippen LogP contribution in [0.1, 0.15) is 32.1 Å². The van der Waals surface area contributed by atoms with Gasteiger partial charge in [0.25, 0.3) is 0 Å². The van der Waals surface area contributed by atoms with Crippen LogP contribution in [0.3, 0.4) is 0 Å². The fourth-order valence-corrected chi connectivity index (χ4v) is 1.92. The molecule has 1 rings (SSSR count). The van der Waals surface area contributed by atoms with E-state index in [1.54, 1.807) is 7.11 Å². The van der Waals surface area contributed by atoms with Crippen LogP contribution in [0.4, 0.5) is 0 Å². The summed E-state index contributed by atoms with van der Waals surface area (Å²) in [5.41, 5.74) is 0. The molecule has 0 heterocycles. The molecule has 0 aromatic rings. The molecular formula is C12H23NO. The highest BCUT2D eigenvalue weighted by Crippen LogP contribution is 2.25. The zero-order valence-electron chi connectivity index (χ0n) is 9.30. The van der Waals surface area contributed by atoms with Gasteiger partial charge in [-0.15, -0.1) is 0 Å². The average Bonchev–Trinajstić information content (AvgIpc) is 2.69. The summed E-state index contributed by atoms with van der Waals surface area (Å²) in [6.45, 7) is 2.85. The van der Waals surface area contributed by atoms with Gasteiger partial charge in [-0.25, -0.2) is 0 Å². The fourth-order valence-electron chi connectivity index (χ4n) is 1.92. The van der Waals surface area contributed by atoms with E-state index in [1.165, 1.54) is 25.7 Å². The van der Waals surface area contributed by atoms with E-state index in [4.69, 9.17) is 4.74 Å². The molecule has 0 radical (unpaired) electrons. The molecule has 1 saturated carbocycles. The predicted molar refractivity (Wildman–Crippen MR) is 60.5 cm³/mol. The topological polar surface area (TPSA) is 21.3 Å². The second kappa shape index (κ2) is 8.01. The molecule has 0 unspecified atom stereocenters. The van der Waals surface area contributed by atoms with Crippen LogP contribution in [0.5, 0.6) is 0 Å². The molecular weight excluding hydrogens is 174 g/mol. The second-order valence-electron chi connectivity index (χ2n) is 4.00. The lowest BCUT2D eigenvalue weighted by Crippen LogP contribution is -2.19. The molecule has 2 nitrogen and oxygen atoms in total. The van der Waals surface area contributed by atoms with Gasteiger partial charge in [0.2, 0.25) is 0 Å². The Morgan fingerprint density at radius 2 is 2.07 bits per heavy atom. The summed E-state index contributed by atoms with van der Waals surface area (Å²) < 4.78 is 4.95. The standard InChI is InChI=1S/C12H23NO/c1-14-11-10-13-9-5-4-8-12-6-2-3-7-12/h4,8,12-13H,2-3,5-7,9-11H2,1H3. The van der Waals surface area contributed by atoms with Crippen LogP contribution in [0.15, 0.2) is 12.2 Å². The third-order valence-electron chi connectivity index (χ3n) is 2.78. The lowest BCUT2D eigenvalue weighted by molar-refractivity contribution is 0.199. The van der Waals surface area contributed by atoms with Crippen LogP contribution in [-0.4, -0.2) is 26.8 Å². The van der Waals surface area contributed by atoms with Gasteiger partial charge in [-0.1, -0.05) is 25.0 Å². The zero-order valence-corrected chi connectivity index (χ0v) is 9.30. The van der Waals surface area contributed by atoms with Gasteiger partial charge in [-0.2, -0.15) is 0 Å². The molecule has 0 aromatic carbocycles. The first-order valence-corrected chi connectivity index (χ1v) is 5.80. The quantitative estimate of drug-likeness (QED) is 0.500. The van der Waals surface area contributed by atoms with Crippen LogP contribution in [0.25, 0.3) is 0 Å². The third-order valence-corrected chi connectivity index (χ3v) is 2.78. The Morgan fingerprint density at radius 3 is 2.79 bits per heavy atom. The summed E-state index contributed by atoms with van der Waals surface area (Å²) in [7, 11) is 1.74. The van der Waals surface area contributed by atoms with Crippen molar-refractivity contribution in [3.8, 4) is 0 Å². The van der Waals surface area contributed by atoms with Gasteiger partial charge < -0.3 is 10.1 Å². The van der Waals surface area contributed by atoms with Gasteiger partial charge in [0.1, 0.15) is 0 Å². The molecule has 2 heteroatoms. The number of methoxy groups -OCH3 is 1. The van der Waals surface area contributed by atoms with E-state index >= 15 is 0 Å². The first kappa shape index (κ1) is 11.7. The van der Waals surface area contributed by atoms with Crippen molar-refractivity contribution in [2.24, 2.45) is 5.92 Å². The fraction of sp³-hybridized carbons (Fsp3) is 0.833. The largest absolute Gasteiger partial charge is 0.383 e. The highest BCUT2D eigenvalue weighted by molar-refractivity contribution is 4.90. The molecule has 1 aliphatic rings. The van der Waals surface area contributed by atoms with E-state index in [9.17, 15) is 0 Å². The third kappa shape index (κ3) is 5.40. The number of hydrogen-bond donors (Lipinski definition) is 1. The summed E-state index contributed by atoms with van der Waals surface area (Å²) >= 11 is 0. The number of hydrogen-bond acceptors (Lipinski definition) is 2. The van der Waals surface area contributed by atoms with Crippen molar-refractivity contribution in [3.63, 3.8) is 0 Å². The zero-order chi connectivity index (χ0) is 10.1. The summed E-state index contributed by atoms with van der Waals surface area (Å²) in [4.78, 5) is 0. The SMILES string of the molecule is COCCNCCC=CC1CCCC1. The van der Waals surface area contributed by atoms with Gasteiger partial charge in [0, 0.05) is 13.7 Å². The summed E-state index contributed by atoms with van der Waals surface area (Å²) in [5.74, 6) is 0.883. The van der Waals surface area contributed by atoms with Crippen molar-refractivity contribution in [3.05, 3.63) is 12.2 Å². The van der Waals surface area contributed by atoms with E-state index in [-0.39, 0.29) is 0 Å². The van der Waals surface area contributed by atoms with Crippen LogP contribution >= 0.6 is 0 Å². The van der Waals surface area contributed by atoms with Gasteiger partial charge in [0.05, 0.1) is 6.61 Å². The van der Waals surface area contributed by atoms with Gasteiger partial charge in [-0.05, 0) is 31.7 Å². The maximum absolute atomic E-state index is 4.95. The van der Waals surface area contributed by atoms with Crippen LogP contribution in [-0.2, 0) is 4.74 Å². The molecule has 1 fully saturated rings. The van der Waals surface area contributed by atoms with E-state index in [2.05, 4.69) is 17.5 Å². The van der Waals surface area contributed by atoms with E-state index in [1.807, 2.05) is 0 Å². The Labute approximate surface area is 87.7 Å². The Kier molecular flexibility index (Phi) is 6.71. The number of nitrogens with one attached hydrogen (secondary N) is 1. The smallest absolute Gasteiger partial charge is 0.0587 e. The Balaban J connectivity index is 1.87. The first-order valence-electron chi connectivity index (χ1n) is 5.80. The lowest BCUT2D eigenvalue weighted by Gasteiger charge is -2.02. The molecule has 82 valence electrons. The molecule has 0 saturated heterocycles. The molecule has 0 atom stereocenters. The summed E-state index contributed by atoms with van der Waals surface area (Å²) in [6, 6.07) is 0. The molecule has 0 aromatic heterocycles. The lowest BCUT2D eigenvalue weighted by atomic mass is 10.1. The maximum atomic E-state index is 4.95. The summed E-state index contributed by atoms with van der Waals surface area (Å²) in [6.07, 6.45) is 11.6. The van der Waals surface area contributed by atoms with Crippen molar-refractivity contribution in [1.82, 2.24) is 5.32 Å². The minimum atomic E-state index is 0.812. The Morgan fingerprint density at radius 1 is 1.29 bits per heavy atom. The molecule has 1 aliphatic carbocycles. The monoisotopic (exact) mass is 197 g/mol. The predicted octanol–water partition coefficient (Wildman–Crippen LogP) is 2.36. The molecule has 0 amide bonds. The van der Waals surface area contributed by atoms with Crippen molar-refractivity contribution in [2.45, 2.75) is 32.1 Å². The number of rotatable bonds is 7. The molecule has 0 spiro atoms. The highest BCUT2D eigenvalue weighted by Gasteiger charge is 2.10. The minimum absolute atomic E-state index is 0.812. The van der Waals surface area contributed by atoms with Crippen LogP contribution in [0.2, 0.25) is 0 Å². The van der Waals surface area contributed by atoms with Gasteiger partial charge in [0.15, 0.2) is 0 Å². The molecule has 1 N–H and O–H groups in total. The van der Waals surface area contributed by atoms with E-state index in [0.29, 0.717) is 0 Å². The van der Waals surface area contributed by atoms with Crippen LogP contribution in [0, 0.1) is 5.92 Å². The minimum Gasteiger partial charge on any atom is -0.383 e. The van der Waals surface area contributed by atoms with Gasteiger partial charge in [-0.3, -0.25) is 0 Å². The average molecular weight is 197 g/mol. The maximum Gasteiger partial charge on any atom is 0.0587 e. The molecule has 0 aliphatic heterocycles. The van der Waals surface area contributed by atoms with Crippen molar-refractivity contribution < 1.29 is 4.74 Å². The summed E-state index contributed by atoms with van der Waals surface area (Å²) in [5, 5.41) is 3.34. The van der Waals surface area contributed by atoms with E-state index < -0.39 is 0 Å². The van der Waals surface area contributed by atoms with Crippen molar-refractivity contribution in [1.29, 1.82) is 0 Å². The van der Waals surface area contributed by atoms with Gasteiger partial charge >= 0.3 is 0 Å². The molecule has 14 heavy (non-hydrogen) atoms. The Hall–Kier alpha value is -0.340. The normalized spacial score (nSPS) is 18.4. The van der Waals surface area contributed by atoms with Crippen LogP contribution < -0.4 is 5.32 Å². The van der Waals surface area contributed by atoms with Crippen molar-refractivity contribution in [2.75, 3.05) is 26.8 Å². The van der Waals surface area contributed by atoms with Crippen molar-refractivity contribution >= 4 is 0 Å². The second-order valence-corrected chi connectivity index (χ2v) is 4.00. The molecule has 0 bridgehead atoms. The number of allylic oxidation sites excluding steroid dienone is 1.